The molecule has 0 amide bonds. The van der Waals surface area contributed by atoms with Crippen LogP contribution in [0.2, 0.25) is 22.4 Å². The van der Waals surface area contributed by atoms with Crippen LogP contribution in [0.3, 0.4) is 0 Å². The zero-order valence-corrected chi connectivity index (χ0v) is 18.6. The molecule has 122 valence electrons. The van der Waals surface area contributed by atoms with Gasteiger partial charge in [-0.2, -0.15) is 0 Å². The topological polar surface area (TPSA) is 0 Å². The van der Waals surface area contributed by atoms with Crippen LogP contribution in [-0.4, -0.2) is 5.43 Å². The maximum absolute atomic E-state index is 3.17. The molecule has 0 spiro atoms. The van der Waals surface area contributed by atoms with E-state index in [2.05, 4.69) is 89.1 Å². The van der Waals surface area contributed by atoms with Crippen molar-refractivity contribution in [3.05, 3.63) is 81.2 Å². The maximum atomic E-state index is 2.75. The molecule has 0 saturated carbocycles. The van der Waals surface area contributed by atoms with Crippen LogP contribution in [0, 0.1) is 0 Å². The van der Waals surface area contributed by atoms with Crippen molar-refractivity contribution < 1.29 is 17.4 Å². The van der Waals surface area contributed by atoms with Gasteiger partial charge in [-0.3, -0.25) is 0 Å². The minimum atomic E-state index is -3.17. The van der Waals surface area contributed by atoms with Crippen molar-refractivity contribution in [1.82, 2.24) is 0 Å². The molecule has 2 aromatic carbocycles. The summed E-state index contributed by atoms with van der Waals surface area (Å²) >= 11 is -3.17. The molecule has 4 rings (SSSR count). The summed E-state index contributed by atoms with van der Waals surface area (Å²) in [5.74, 6) is 0. The van der Waals surface area contributed by atoms with Gasteiger partial charge in [0.25, 0.3) is 0 Å². The van der Waals surface area contributed by atoms with E-state index < -0.39 is 22.8 Å². The van der Waals surface area contributed by atoms with Crippen molar-refractivity contribution in [1.29, 1.82) is 0 Å². The fourth-order valence-electron chi connectivity index (χ4n) is 4.90. The van der Waals surface area contributed by atoms with Crippen molar-refractivity contribution in [2.75, 3.05) is 0 Å². The van der Waals surface area contributed by atoms with Gasteiger partial charge in [-0.1, -0.05) is 0 Å². The SMILES string of the molecule is C[Si](C)=[Zr]([CH3])([CH3])([C]1=CC=CC1)[CH]1c2ccccc2-c2ccccc21. The van der Waals surface area contributed by atoms with E-state index in [4.69, 9.17) is 0 Å². The van der Waals surface area contributed by atoms with Crippen molar-refractivity contribution in [3.63, 3.8) is 0 Å². The summed E-state index contributed by atoms with van der Waals surface area (Å²) in [4.78, 5) is 0. The fraction of sp³-hybridized carbons (Fsp3) is 0.273. The summed E-state index contributed by atoms with van der Waals surface area (Å²) in [6.45, 7) is 5.16. The van der Waals surface area contributed by atoms with Crippen LogP contribution in [0.25, 0.3) is 11.1 Å². The van der Waals surface area contributed by atoms with Crippen LogP contribution in [0.1, 0.15) is 21.2 Å². The first-order chi connectivity index (χ1) is 11.4. The van der Waals surface area contributed by atoms with Crippen molar-refractivity contribution in [2.45, 2.75) is 32.4 Å². The van der Waals surface area contributed by atoms with E-state index in [1.807, 2.05) is 3.28 Å². The van der Waals surface area contributed by atoms with Crippen molar-refractivity contribution in [2.24, 2.45) is 0 Å². The van der Waals surface area contributed by atoms with E-state index in [-0.39, 0.29) is 0 Å². The first-order valence-electron chi connectivity index (χ1n) is 8.99. The van der Waals surface area contributed by atoms with E-state index in [1.54, 1.807) is 11.1 Å². The van der Waals surface area contributed by atoms with Crippen LogP contribution in [-0.2, 0) is 17.4 Å². The van der Waals surface area contributed by atoms with Crippen LogP contribution >= 0.6 is 0 Å². The van der Waals surface area contributed by atoms with E-state index in [0.29, 0.717) is 3.63 Å². The summed E-state index contributed by atoms with van der Waals surface area (Å²) in [6.07, 6.45) is 8.34. The summed E-state index contributed by atoms with van der Waals surface area (Å²) in [6, 6.07) is 18.4. The van der Waals surface area contributed by atoms with E-state index in [0.717, 1.165) is 0 Å². The Morgan fingerprint density at radius 2 is 1.42 bits per heavy atom. The molecule has 2 aliphatic rings. The summed E-state index contributed by atoms with van der Waals surface area (Å²) in [7, 11) is 0. The molecular formula is C22H26SiZr. The molecule has 0 nitrogen and oxygen atoms in total. The molecule has 0 bridgehead atoms. The Kier molecular flexibility index (Phi) is 3.79. The number of allylic oxidation sites excluding steroid dienone is 4. The van der Waals surface area contributed by atoms with Gasteiger partial charge in [0, 0.05) is 0 Å². The number of hydrogen-bond donors (Lipinski definition) is 0. The monoisotopic (exact) mass is 408 g/mol. The Labute approximate surface area is 147 Å². The average Bonchev–Trinajstić information content (AvgIpc) is 3.22. The second kappa shape index (κ2) is 5.51. The number of hydrogen-bond acceptors (Lipinski definition) is 0. The third-order valence-corrected chi connectivity index (χ3v) is 47.9. The Morgan fingerprint density at radius 3 is 1.88 bits per heavy atom. The Bertz CT molecular complexity index is 919. The first-order valence-corrected chi connectivity index (χ1v) is 22.7. The third kappa shape index (κ3) is 2.06. The first kappa shape index (κ1) is 16.5. The van der Waals surface area contributed by atoms with Gasteiger partial charge < -0.3 is 0 Å². The zero-order chi connectivity index (χ0) is 17.0. The molecular weight excluding hydrogens is 384 g/mol. The number of fused-ring (bicyclic) bond motifs is 3. The predicted molar refractivity (Wildman–Crippen MR) is 105 cm³/mol. The second-order valence-electron chi connectivity index (χ2n) is 8.42. The molecule has 0 radical (unpaired) electrons. The van der Waals surface area contributed by atoms with Gasteiger partial charge in [0.15, 0.2) is 0 Å². The van der Waals surface area contributed by atoms with Crippen molar-refractivity contribution >= 4 is 5.43 Å². The van der Waals surface area contributed by atoms with Gasteiger partial charge in [-0.15, -0.1) is 0 Å². The molecule has 0 fully saturated rings. The van der Waals surface area contributed by atoms with Gasteiger partial charge in [0.1, 0.15) is 0 Å². The molecule has 24 heavy (non-hydrogen) atoms. The molecule has 0 saturated heterocycles. The van der Waals surface area contributed by atoms with Gasteiger partial charge >= 0.3 is 148 Å². The standard InChI is InChI=1S/C13H9.C5H5.C2H6Si.2CH3.Zr/c1-3-7-12-10(5-1)9-11-6-2-4-8-13(11)12;1-2-4-5-3-1;1-3-2;;;/h1-9H;1-3H,4H2;1-2H3;2*1H3;. The molecule has 2 heteroatoms. The molecule has 0 aliphatic heterocycles. The average molecular weight is 410 g/mol. The Hall–Kier alpha value is -0.980. The van der Waals surface area contributed by atoms with Crippen LogP contribution < -0.4 is 0 Å². The molecule has 0 aromatic heterocycles. The van der Waals surface area contributed by atoms with Crippen LogP contribution in [0.15, 0.2) is 70.0 Å². The van der Waals surface area contributed by atoms with Gasteiger partial charge in [-0.25, -0.2) is 0 Å². The van der Waals surface area contributed by atoms with Crippen LogP contribution in [0.5, 0.6) is 0 Å². The summed E-state index contributed by atoms with van der Waals surface area (Å²) in [5.41, 5.74) is 5.76. The molecule has 0 heterocycles. The quantitative estimate of drug-likeness (QED) is 0.488. The molecule has 2 aliphatic carbocycles. The van der Waals surface area contributed by atoms with Gasteiger partial charge in [0.05, 0.1) is 0 Å². The Morgan fingerprint density at radius 1 is 0.875 bits per heavy atom. The summed E-state index contributed by atoms with van der Waals surface area (Å²) in [5, 5.41) is 0. The molecule has 0 atom stereocenters. The molecule has 2 aromatic rings. The molecule has 0 N–H and O–H groups in total. The van der Waals surface area contributed by atoms with Gasteiger partial charge in [0.2, 0.25) is 0 Å². The van der Waals surface area contributed by atoms with E-state index in [9.17, 15) is 0 Å². The fourth-order valence-corrected chi connectivity index (χ4v) is 28.1. The number of benzene rings is 2. The Balaban J connectivity index is 2.11. The zero-order valence-electron chi connectivity index (χ0n) is 15.1. The predicted octanol–water partition coefficient (Wildman–Crippen LogP) is 6.64. The van der Waals surface area contributed by atoms with Crippen LogP contribution in [0.4, 0.5) is 0 Å². The molecule has 0 unspecified atom stereocenters. The third-order valence-electron chi connectivity index (χ3n) is 7.00. The summed E-state index contributed by atoms with van der Waals surface area (Å²) < 4.78 is 7.96. The normalized spacial score (nSPS) is 16.8. The second-order valence-corrected chi connectivity index (χ2v) is 42.1. The van der Waals surface area contributed by atoms with E-state index >= 15 is 0 Å². The number of rotatable bonds is 2. The van der Waals surface area contributed by atoms with Crippen molar-refractivity contribution in [3.8, 4) is 11.1 Å². The van der Waals surface area contributed by atoms with E-state index in [1.165, 1.54) is 17.5 Å². The van der Waals surface area contributed by atoms with Gasteiger partial charge in [-0.05, 0) is 0 Å². The minimum absolute atomic E-state index is 0.418.